The molecule has 2 aliphatic rings. The van der Waals surface area contributed by atoms with Gasteiger partial charge in [-0.1, -0.05) is 25.3 Å². The second-order valence-corrected chi connectivity index (χ2v) is 7.21. The molecule has 6 nitrogen and oxygen atoms in total. The normalized spacial score (nSPS) is 18.1. The van der Waals surface area contributed by atoms with Gasteiger partial charge in [0, 0.05) is 42.6 Å². The quantitative estimate of drug-likeness (QED) is 0.681. The Balaban J connectivity index is 1.81. The van der Waals surface area contributed by atoms with Gasteiger partial charge in [0.2, 0.25) is 0 Å². The fourth-order valence-corrected chi connectivity index (χ4v) is 4.22. The third-order valence-electron chi connectivity index (χ3n) is 5.59. The van der Waals surface area contributed by atoms with E-state index in [4.69, 9.17) is 5.10 Å². The van der Waals surface area contributed by atoms with E-state index in [0.717, 1.165) is 25.2 Å². The van der Waals surface area contributed by atoms with Crippen LogP contribution in [-0.2, 0) is 13.0 Å². The highest BCUT2D eigenvalue weighted by Crippen LogP contribution is 2.36. The molecule has 2 heterocycles. The van der Waals surface area contributed by atoms with Crippen molar-refractivity contribution < 1.29 is 4.92 Å². The van der Waals surface area contributed by atoms with E-state index in [0.29, 0.717) is 11.5 Å². The van der Waals surface area contributed by atoms with Crippen molar-refractivity contribution >= 4 is 5.69 Å². The second kappa shape index (κ2) is 6.59. The Morgan fingerprint density at radius 2 is 2.08 bits per heavy atom. The zero-order valence-corrected chi connectivity index (χ0v) is 14.6. The van der Waals surface area contributed by atoms with E-state index in [2.05, 4.69) is 5.32 Å². The van der Waals surface area contributed by atoms with E-state index in [9.17, 15) is 10.1 Å². The Morgan fingerprint density at radius 1 is 1.28 bits per heavy atom. The number of nitrogens with zero attached hydrogens (tertiary/aromatic N) is 3. The highest BCUT2D eigenvalue weighted by Gasteiger charge is 2.28. The van der Waals surface area contributed by atoms with E-state index in [-0.39, 0.29) is 10.6 Å². The molecule has 1 fully saturated rings. The molecule has 1 aromatic carbocycles. The van der Waals surface area contributed by atoms with Crippen LogP contribution in [0.5, 0.6) is 0 Å². The van der Waals surface area contributed by atoms with Crippen LogP contribution in [0, 0.1) is 17.0 Å². The van der Waals surface area contributed by atoms with Crippen molar-refractivity contribution in [3.8, 4) is 5.69 Å². The molecule has 0 saturated heterocycles. The fourth-order valence-electron chi connectivity index (χ4n) is 4.22. The summed E-state index contributed by atoms with van der Waals surface area (Å²) in [7, 11) is 0. The summed E-state index contributed by atoms with van der Waals surface area (Å²) in [5.41, 5.74) is 5.40. The molecule has 0 amide bonds. The van der Waals surface area contributed by atoms with Crippen molar-refractivity contribution in [2.75, 3.05) is 6.54 Å². The Labute approximate surface area is 147 Å². The van der Waals surface area contributed by atoms with E-state index >= 15 is 0 Å². The molecule has 0 unspecified atom stereocenters. The lowest BCUT2D eigenvalue weighted by Gasteiger charge is -2.22. The molecule has 0 radical (unpaired) electrons. The molecule has 1 aromatic heterocycles. The Kier molecular flexibility index (Phi) is 4.29. The van der Waals surface area contributed by atoms with Gasteiger partial charge >= 0.3 is 0 Å². The summed E-state index contributed by atoms with van der Waals surface area (Å²) in [5, 5.41) is 19.7. The molecule has 0 bridgehead atoms. The number of hydrogen-bond donors (Lipinski definition) is 1. The van der Waals surface area contributed by atoms with Gasteiger partial charge in [-0.05, 0) is 25.8 Å². The number of aryl methyl sites for hydroxylation is 1. The summed E-state index contributed by atoms with van der Waals surface area (Å²) in [4.78, 5) is 11.0. The van der Waals surface area contributed by atoms with Crippen LogP contribution in [0.25, 0.3) is 5.69 Å². The first-order valence-corrected chi connectivity index (χ1v) is 9.22. The maximum Gasteiger partial charge on any atom is 0.274 e. The molecule has 2 aromatic rings. The SMILES string of the molecule is Cc1ccc(-n2nc(C3CCCCC3)c3c2CCNC3)cc1[N+](=O)[O-]. The van der Waals surface area contributed by atoms with Crippen LogP contribution in [-0.4, -0.2) is 21.2 Å². The first kappa shape index (κ1) is 16.3. The molecule has 6 heteroatoms. The van der Waals surface area contributed by atoms with Crippen molar-refractivity contribution in [3.63, 3.8) is 0 Å². The van der Waals surface area contributed by atoms with Crippen LogP contribution in [0.3, 0.4) is 0 Å². The third kappa shape index (κ3) is 2.95. The van der Waals surface area contributed by atoms with Gasteiger partial charge in [0.25, 0.3) is 5.69 Å². The summed E-state index contributed by atoms with van der Waals surface area (Å²) >= 11 is 0. The van der Waals surface area contributed by atoms with Crippen LogP contribution in [0.15, 0.2) is 18.2 Å². The third-order valence-corrected chi connectivity index (χ3v) is 5.59. The zero-order valence-electron chi connectivity index (χ0n) is 14.6. The molecule has 132 valence electrons. The van der Waals surface area contributed by atoms with E-state index in [1.54, 1.807) is 13.0 Å². The highest BCUT2D eigenvalue weighted by molar-refractivity contribution is 5.50. The number of benzene rings is 1. The molecule has 0 spiro atoms. The van der Waals surface area contributed by atoms with Crippen LogP contribution in [0.1, 0.15) is 60.5 Å². The Morgan fingerprint density at radius 3 is 2.84 bits per heavy atom. The van der Waals surface area contributed by atoms with E-state index < -0.39 is 0 Å². The average molecular weight is 340 g/mol. The molecule has 4 rings (SSSR count). The van der Waals surface area contributed by atoms with Gasteiger partial charge in [0.15, 0.2) is 0 Å². The molecular formula is C19H24N4O2. The Bertz CT molecular complexity index is 806. The van der Waals surface area contributed by atoms with Crippen LogP contribution in [0.4, 0.5) is 5.69 Å². The second-order valence-electron chi connectivity index (χ2n) is 7.21. The van der Waals surface area contributed by atoms with Crippen molar-refractivity contribution in [1.29, 1.82) is 0 Å². The van der Waals surface area contributed by atoms with Crippen molar-refractivity contribution in [2.45, 2.75) is 57.9 Å². The number of rotatable bonds is 3. The number of hydrogen-bond acceptors (Lipinski definition) is 4. The predicted octanol–water partition coefficient (Wildman–Crippen LogP) is 3.78. The standard InChI is InChI=1S/C19H24N4O2/c1-13-7-8-15(11-18(13)23(24)25)22-17-9-10-20-12-16(17)19(21-22)14-5-3-2-4-6-14/h7-8,11,14,20H,2-6,9-10,12H2,1H3. The van der Waals surface area contributed by atoms with Crippen molar-refractivity contribution in [2.24, 2.45) is 0 Å². The molecular weight excluding hydrogens is 316 g/mol. The fraction of sp³-hybridized carbons (Fsp3) is 0.526. The van der Waals surface area contributed by atoms with Crippen molar-refractivity contribution in [3.05, 3.63) is 50.8 Å². The molecule has 1 saturated carbocycles. The summed E-state index contributed by atoms with van der Waals surface area (Å²) in [6.07, 6.45) is 7.19. The van der Waals surface area contributed by atoms with Gasteiger partial charge < -0.3 is 5.32 Å². The van der Waals surface area contributed by atoms with Gasteiger partial charge in [0.05, 0.1) is 22.0 Å². The monoisotopic (exact) mass is 340 g/mol. The predicted molar refractivity (Wildman–Crippen MR) is 96.2 cm³/mol. The van der Waals surface area contributed by atoms with Crippen LogP contribution in [0.2, 0.25) is 0 Å². The van der Waals surface area contributed by atoms with Crippen LogP contribution >= 0.6 is 0 Å². The minimum Gasteiger partial charge on any atom is -0.312 e. The summed E-state index contributed by atoms with van der Waals surface area (Å²) in [6.45, 7) is 3.56. The minimum atomic E-state index is -0.307. The van der Waals surface area contributed by atoms with Gasteiger partial charge in [-0.15, -0.1) is 0 Å². The number of fused-ring (bicyclic) bond motifs is 1. The summed E-state index contributed by atoms with van der Waals surface area (Å²) in [5.74, 6) is 0.532. The van der Waals surface area contributed by atoms with Crippen LogP contribution < -0.4 is 5.32 Å². The molecule has 1 aliphatic carbocycles. The highest BCUT2D eigenvalue weighted by atomic mass is 16.6. The van der Waals surface area contributed by atoms with E-state index in [1.807, 2.05) is 16.8 Å². The minimum absolute atomic E-state index is 0.162. The van der Waals surface area contributed by atoms with Gasteiger partial charge in [0.1, 0.15) is 0 Å². The molecule has 1 N–H and O–H groups in total. The number of aromatic nitrogens is 2. The topological polar surface area (TPSA) is 73.0 Å². The first-order valence-electron chi connectivity index (χ1n) is 9.22. The van der Waals surface area contributed by atoms with Gasteiger partial charge in [-0.25, -0.2) is 4.68 Å². The smallest absolute Gasteiger partial charge is 0.274 e. The number of nitrogens with one attached hydrogen (secondary N) is 1. The Hall–Kier alpha value is -2.21. The first-order chi connectivity index (χ1) is 12.1. The average Bonchev–Trinajstić information content (AvgIpc) is 3.02. The maximum absolute atomic E-state index is 11.3. The molecule has 25 heavy (non-hydrogen) atoms. The van der Waals surface area contributed by atoms with Crippen molar-refractivity contribution in [1.82, 2.24) is 15.1 Å². The summed E-state index contributed by atoms with van der Waals surface area (Å²) in [6, 6.07) is 5.43. The number of nitro benzene ring substituents is 1. The zero-order chi connectivity index (χ0) is 17.4. The van der Waals surface area contributed by atoms with E-state index in [1.165, 1.54) is 49.1 Å². The molecule has 0 atom stereocenters. The number of nitro groups is 1. The largest absolute Gasteiger partial charge is 0.312 e. The lowest BCUT2D eigenvalue weighted by molar-refractivity contribution is -0.385. The van der Waals surface area contributed by atoms with Gasteiger partial charge in [-0.2, -0.15) is 5.10 Å². The lowest BCUT2D eigenvalue weighted by atomic mass is 9.84. The lowest BCUT2D eigenvalue weighted by Crippen LogP contribution is -2.25. The molecule has 1 aliphatic heterocycles. The van der Waals surface area contributed by atoms with Gasteiger partial charge in [-0.3, -0.25) is 10.1 Å². The maximum atomic E-state index is 11.3. The summed E-state index contributed by atoms with van der Waals surface area (Å²) < 4.78 is 1.96.